The molecule has 0 aliphatic heterocycles. The average Bonchev–Trinajstić information content (AvgIpc) is 2.68. The van der Waals surface area contributed by atoms with Gasteiger partial charge in [0.05, 0.1) is 5.92 Å². The number of fused-ring (bicyclic) bond motifs is 1. The Kier molecular flexibility index (Phi) is 2.16. The van der Waals surface area contributed by atoms with Crippen LogP contribution in [0.25, 0.3) is 0 Å². The van der Waals surface area contributed by atoms with Crippen molar-refractivity contribution < 1.29 is 9.90 Å². The van der Waals surface area contributed by atoms with Crippen LogP contribution >= 0.6 is 0 Å². The van der Waals surface area contributed by atoms with E-state index in [2.05, 4.69) is 24.9 Å². The molecule has 0 aromatic carbocycles. The fourth-order valence-electron chi connectivity index (χ4n) is 3.48. The second-order valence-corrected chi connectivity index (χ2v) is 6.05. The highest BCUT2D eigenvalue weighted by molar-refractivity contribution is 5.77. The average molecular weight is 233 g/mol. The minimum absolute atomic E-state index is 0.0979. The van der Waals surface area contributed by atoms with Gasteiger partial charge in [-0.25, -0.2) is 0 Å². The molecule has 1 fully saturated rings. The molecule has 3 heteroatoms. The zero-order valence-corrected chi connectivity index (χ0v) is 10.4. The van der Waals surface area contributed by atoms with Gasteiger partial charge < -0.3 is 10.1 Å². The molecule has 2 aliphatic carbocycles. The number of nitrogens with one attached hydrogen (secondary N) is 1. The van der Waals surface area contributed by atoms with E-state index >= 15 is 0 Å². The zero-order valence-electron chi connectivity index (χ0n) is 10.4. The van der Waals surface area contributed by atoms with Crippen molar-refractivity contribution in [1.29, 1.82) is 0 Å². The number of carbonyl (C=O) groups is 1. The molecule has 92 valence electrons. The standard InChI is InChI=1S/C14H19NO2/c1-14(2)11(12(14)13(16)17)10-7-8-5-3-4-6-9(8)15-10/h7,11-12,15H,3-6H2,1-2H3,(H,16,17)/t11-,12+/m1/s1. The summed E-state index contributed by atoms with van der Waals surface area (Å²) in [6.07, 6.45) is 4.79. The first kappa shape index (κ1) is 10.9. The van der Waals surface area contributed by atoms with Crippen LogP contribution in [0, 0.1) is 11.3 Å². The van der Waals surface area contributed by atoms with Crippen LogP contribution in [0.15, 0.2) is 6.07 Å². The number of aliphatic carboxylic acids is 1. The van der Waals surface area contributed by atoms with Crippen molar-refractivity contribution in [1.82, 2.24) is 4.98 Å². The van der Waals surface area contributed by atoms with Crippen LogP contribution < -0.4 is 0 Å². The minimum Gasteiger partial charge on any atom is -0.481 e. The molecule has 1 saturated carbocycles. The SMILES string of the molecule is CC1(C)[C@H](C(=O)O)[C@H]1c1cc2c([nH]1)CCCC2. The maximum atomic E-state index is 11.2. The van der Waals surface area contributed by atoms with Gasteiger partial charge in [0.15, 0.2) is 0 Å². The summed E-state index contributed by atoms with van der Waals surface area (Å²) in [6, 6.07) is 2.21. The van der Waals surface area contributed by atoms with Gasteiger partial charge in [0, 0.05) is 17.3 Å². The van der Waals surface area contributed by atoms with Crippen molar-refractivity contribution >= 4 is 5.97 Å². The van der Waals surface area contributed by atoms with Gasteiger partial charge in [-0.3, -0.25) is 4.79 Å². The molecule has 17 heavy (non-hydrogen) atoms. The van der Waals surface area contributed by atoms with Crippen molar-refractivity contribution in [3.63, 3.8) is 0 Å². The maximum Gasteiger partial charge on any atom is 0.307 e. The summed E-state index contributed by atoms with van der Waals surface area (Å²) >= 11 is 0. The summed E-state index contributed by atoms with van der Waals surface area (Å²) in [5.41, 5.74) is 3.81. The van der Waals surface area contributed by atoms with Crippen LogP contribution in [0.4, 0.5) is 0 Å². The number of carboxylic acid groups (broad SMARTS) is 1. The largest absolute Gasteiger partial charge is 0.481 e. The van der Waals surface area contributed by atoms with E-state index in [1.165, 1.54) is 24.1 Å². The third kappa shape index (κ3) is 1.52. The van der Waals surface area contributed by atoms with Crippen molar-refractivity contribution in [2.45, 2.75) is 45.4 Å². The number of hydrogen-bond donors (Lipinski definition) is 2. The molecule has 3 nitrogen and oxygen atoms in total. The van der Waals surface area contributed by atoms with Crippen molar-refractivity contribution in [3.05, 3.63) is 23.0 Å². The Morgan fingerprint density at radius 3 is 2.71 bits per heavy atom. The smallest absolute Gasteiger partial charge is 0.307 e. The van der Waals surface area contributed by atoms with Crippen molar-refractivity contribution in [2.24, 2.45) is 11.3 Å². The lowest BCUT2D eigenvalue weighted by atomic mass is 9.98. The Hall–Kier alpha value is -1.25. The van der Waals surface area contributed by atoms with Crippen LogP contribution in [-0.2, 0) is 17.6 Å². The van der Waals surface area contributed by atoms with Crippen LogP contribution in [-0.4, -0.2) is 16.1 Å². The van der Waals surface area contributed by atoms with Gasteiger partial charge in [0.25, 0.3) is 0 Å². The van der Waals surface area contributed by atoms with E-state index in [9.17, 15) is 9.90 Å². The third-order valence-electron chi connectivity index (χ3n) is 4.56. The fourth-order valence-corrected chi connectivity index (χ4v) is 3.48. The monoisotopic (exact) mass is 233 g/mol. The quantitative estimate of drug-likeness (QED) is 0.825. The molecule has 2 atom stereocenters. The van der Waals surface area contributed by atoms with E-state index in [1.54, 1.807) is 0 Å². The van der Waals surface area contributed by atoms with Gasteiger partial charge in [-0.15, -0.1) is 0 Å². The molecule has 0 radical (unpaired) electrons. The normalized spacial score (nSPS) is 29.8. The van der Waals surface area contributed by atoms with Crippen LogP contribution in [0.2, 0.25) is 0 Å². The maximum absolute atomic E-state index is 11.2. The summed E-state index contributed by atoms with van der Waals surface area (Å²) in [5, 5.41) is 9.21. The van der Waals surface area contributed by atoms with Gasteiger partial charge in [0.2, 0.25) is 0 Å². The first-order chi connectivity index (χ1) is 8.01. The van der Waals surface area contributed by atoms with Crippen molar-refractivity contribution in [2.75, 3.05) is 0 Å². The number of aromatic amines is 1. The molecule has 2 N–H and O–H groups in total. The Morgan fingerprint density at radius 1 is 1.41 bits per heavy atom. The molecule has 0 unspecified atom stereocenters. The van der Waals surface area contributed by atoms with E-state index in [0.29, 0.717) is 0 Å². The number of rotatable bonds is 2. The second-order valence-electron chi connectivity index (χ2n) is 6.05. The van der Waals surface area contributed by atoms with E-state index in [1.807, 2.05) is 0 Å². The van der Waals surface area contributed by atoms with E-state index < -0.39 is 5.97 Å². The molecule has 2 aliphatic rings. The summed E-state index contributed by atoms with van der Waals surface area (Å²) in [7, 11) is 0. The number of carboxylic acids is 1. The highest BCUT2D eigenvalue weighted by atomic mass is 16.4. The van der Waals surface area contributed by atoms with E-state index in [0.717, 1.165) is 18.5 Å². The fraction of sp³-hybridized carbons (Fsp3) is 0.643. The lowest BCUT2D eigenvalue weighted by Gasteiger charge is -2.09. The molecule has 3 rings (SSSR count). The number of hydrogen-bond acceptors (Lipinski definition) is 1. The topological polar surface area (TPSA) is 53.1 Å². The van der Waals surface area contributed by atoms with Gasteiger partial charge in [0.1, 0.15) is 0 Å². The lowest BCUT2D eigenvalue weighted by Crippen LogP contribution is -2.03. The molecule has 0 saturated heterocycles. The summed E-state index contributed by atoms with van der Waals surface area (Å²) < 4.78 is 0. The van der Waals surface area contributed by atoms with E-state index in [4.69, 9.17) is 0 Å². The van der Waals surface area contributed by atoms with Crippen molar-refractivity contribution in [3.8, 4) is 0 Å². The van der Waals surface area contributed by atoms with Crippen LogP contribution in [0.1, 0.15) is 49.6 Å². The Morgan fingerprint density at radius 2 is 2.12 bits per heavy atom. The number of H-pyrrole nitrogens is 1. The molecular weight excluding hydrogens is 214 g/mol. The summed E-state index contributed by atoms with van der Waals surface area (Å²) in [5.74, 6) is -0.708. The Balaban J connectivity index is 1.91. The van der Waals surface area contributed by atoms with Gasteiger partial charge in [-0.05, 0) is 42.7 Å². The summed E-state index contributed by atoms with van der Waals surface area (Å²) in [4.78, 5) is 14.7. The molecule has 1 aromatic rings. The van der Waals surface area contributed by atoms with E-state index in [-0.39, 0.29) is 17.3 Å². The first-order valence-electron chi connectivity index (χ1n) is 6.45. The number of aromatic nitrogens is 1. The van der Waals surface area contributed by atoms with Gasteiger partial charge in [-0.2, -0.15) is 0 Å². The van der Waals surface area contributed by atoms with Gasteiger partial charge >= 0.3 is 5.97 Å². The predicted octanol–water partition coefficient (Wildman–Crippen LogP) is 2.72. The van der Waals surface area contributed by atoms with Crippen LogP contribution in [0.5, 0.6) is 0 Å². The Labute approximate surface area is 101 Å². The lowest BCUT2D eigenvalue weighted by molar-refractivity contribution is -0.139. The minimum atomic E-state index is -0.660. The molecule has 1 heterocycles. The Bertz CT molecular complexity index is 449. The molecule has 0 bridgehead atoms. The first-order valence-corrected chi connectivity index (χ1v) is 6.45. The molecule has 0 amide bonds. The molecular formula is C14H19NO2. The second kappa shape index (κ2) is 3.37. The highest BCUT2D eigenvalue weighted by Gasteiger charge is 2.63. The zero-order chi connectivity index (χ0) is 12.2. The van der Waals surface area contributed by atoms with Gasteiger partial charge in [-0.1, -0.05) is 13.8 Å². The summed E-state index contributed by atoms with van der Waals surface area (Å²) in [6.45, 7) is 4.10. The van der Waals surface area contributed by atoms with Crippen LogP contribution in [0.3, 0.4) is 0 Å². The molecule has 0 spiro atoms. The highest BCUT2D eigenvalue weighted by Crippen LogP contribution is 2.64. The predicted molar refractivity (Wildman–Crippen MR) is 65.1 cm³/mol. The third-order valence-corrected chi connectivity index (χ3v) is 4.56. The molecule has 1 aromatic heterocycles. The number of aryl methyl sites for hydroxylation is 2.